The average molecular weight is 368 g/mol. The Morgan fingerprint density at radius 3 is 2.16 bits per heavy atom. The fourth-order valence-corrected chi connectivity index (χ4v) is 2.88. The van der Waals surface area contributed by atoms with Crippen LogP contribution in [0.5, 0.6) is 0 Å². The molecule has 2 aromatic rings. The number of ether oxygens (including phenoxy) is 1. The highest BCUT2D eigenvalue weighted by atomic mass is 32.2. The second-order valence-electron chi connectivity index (χ2n) is 5.23. The van der Waals surface area contributed by atoms with Crippen molar-refractivity contribution in [1.29, 1.82) is 0 Å². The van der Waals surface area contributed by atoms with Crippen LogP contribution in [-0.2, 0) is 26.9 Å². The largest absolute Gasteiger partial charge is 0.453 e. The molecule has 1 unspecified atom stereocenters. The van der Waals surface area contributed by atoms with Crippen molar-refractivity contribution >= 4 is 22.8 Å². The average Bonchev–Trinajstić information content (AvgIpc) is 2.54. The highest BCUT2D eigenvalue weighted by molar-refractivity contribution is 8.13. The van der Waals surface area contributed by atoms with Gasteiger partial charge in [0.1, 0.15) is 0 Å². The number of carbonyl (C=O) groups is 2. The van der Waals surface area contributed by atoms with E-state index in [4.69, 9.17) is 4.74 Å². The Morgan fingerprint density at radius 2 is 1.64 bits per heavy atom. The Labute approximate surface area is 147 Å². The summed E-state index contributed by atoms with van der Waals surface area (Å²) >= 11 is 0.924. The zero-order valence-corrected chi connectivity index (χ0v) is 14.1. The zero-order chi connectivity index (χ0) is 18.4. The second kappa shape index (κ2) is 8.20. The van der Waals surface area contributed by atoms with E-state index in [1.54, 1.807) is 30.3 Å². The lowest BCUT2D eigenvalue weighted by molar-refractivity contribution is -0.150. The standard InChI is InChI=1S/C18H15F3O3S/c1-12(22)24-16(17(23)25-15-5-3-2-4-6-15)11-13-7-9-14(10-8-13)18(19,20)21/h2-10,16H,11H2,1H3. The third kappa shape index (κ3) is 5.94. The summed E-state index contributed by atoms with van der Waals surface area (Å²) < 4.78 is 42.8. The summed E-state index contributed by atoms with van der Waals surface area (Å²) in [6.45, 7) is 1.18. The number of hydrogen-bond acceptors (Lipinski definition) is 4. The van der Waals surface area contributed by atoms with E-state index in [-0.39, 0.29) is 11.5 Å². The summed E-state index contributed by atoms with van der Waals surface area (Å²) in [5.74, 6) is -0.626. The van der Waals surface area contributed by atoms with E-state index in [0.717, 1.165) is 23.9 Å². The third-order valence-electron chi connectivity index (χ3n) is 3.24. The molecule has 0 bridgehead atoms. The van der Waals surface area contributed by atoms with Crippen LogP contribution in [-0.4, -0.2) is 17.2 Å². The predicted molar refractivity (Wildman–Crippen MR) is 88.0 cm³/mol. The van der Waals surface area contributed by atoms with Gasteiger partial charge >= 0.3 is 12.1 Å². The van der Waals surface area contributed by atoms with Gasteiger partial charge in [0.15, 0.2) is 6.10 Å². The molecule has 0 amide bonds. The van der Waals surface area contributed by atoms with E-state index >= 15 is 0 Å². The fraction of sp³-hybridized carbons (Fsp3) is 0.222. The number of alkyl halides is 3. The monoisotopic (exact) mass is 368 g/mol. The lowest BCUT2D eigenvalue weighted by atomic mass is 10.1. The molecule has 25 heavy (non-hydrogen) atoms. The van der Waals surface area contributed by atoms with Gasteiger partial charge in [-0.05, 0) is 41.6 Å². The van der Waals surface area contributed by atoms with Crippen LogP contribution >= 0.6 is 11.8 Å². The molecular weight excluding hydrogens is 353 g/mol. The van der Waals surface area contributed by atoms with Gasteiger partial charge in [-0.3, -0.25) is 9.59 Å². The first-order chi connectivity index (χ1) is 11.8. The summed E-state index contributed by atoms with van der Waals surface area (Å²) in [6, 6.07) is 13.3. The summed E-state index contributed by atoms with van der Waals surface area (Å²) in [7, 11) is 0. The molecule has 0 heterocycles. The minimum atomic E-state index is -4.42. The summed E-state index contributed by atoms with van der Waals surface area (Å²) in [4.78, 5) is 24.3. The van der Waals surface area contributed by atoms with Crippen LogP contribution in [0.2, 0.25) is 0 Å². The molecule has 0 aliphatic rings. The van der Waals surface area contributed by atoms with Crippen molar-refractivity contribution in [1.82, 2.24) is 0 Å². The number of rotatable bonds is 5. The van der Waals surface area contributed by atoms with E-state index in [1.165, 1.54) is 19.1 Å². The number of carbonyl (C=O) groups excluding carboxylic acids is 2. The lowest BCUT2D eigenvalue weighted by Crippen LogP contribution is -2.26. The molecule has 0 aromatic heterocycles. The molecule has 2 rings (SSSR count). The van der Waals surface area contributed by atoms with Gasteiger partial charge in [-0.25, -0.2) is 0 Å². The molecule has 0 saturated carbocycles. The van der Waals surface area contributed by atoms with Crippen molar-refractivity contribution in [3.05, 3.63) is 65.7 Å². The van der Waals surface area contributed by atoms with Gasteiger partial charge in [0.05, 0.1) is 5.56 Å². The van der Waals surface area contributed by atoms with Crippen molar-refractivity contribution in [3.8, 4) is 0 Å². The number of halogens is 3. The first-order valence-electron chi connectivity index (χ1n) is 7.36. The first kappa shape index (κ1) is 19.1. The highest BCUT2D eigenvalue weighted by Gasteiger charge is 2.30. The maximum Gasteiger partial charge on any atom is 0.416 e. The van der Waals surface area contributed by atoms with Crippen LogP contribution in [0.1, 0.15) is 18.1 Å². The Kier molecular flexibility index (Phi) is 6.25. The fourth-order valence-electron chi connectivity index (χ4n) is 2.09. The van der Waals surface area contributed by atoms with Gasteiger partial charge in [-0.2, -0.15) is 13.2 Å². The Bertz CT molecular complexity index is 727. The molecule has 0 saturated heterocycles. The molecule has 132 valence electrons. The van der Waals surface area contributed by atoms with Gasteiger partial charge in [0.25, 0.3) is 0 Å². The van der Waals surface area contributed by atoms with Crippen LogP contribution in [0, 0.1) is 0 Å². The maximum absolute atomic E-state index is 12.6. The van der Waals surface area contributed by atoms with Gasteiger partial charge in [0.2, 0.25) is 5.12 Å². The Hall–Kier alpha value is -2.28. The normalized spacial score (nSPS) is 12.5. The minimum absolute atomic E-state index is 0.0103. The Morgan fingerprint density at radius 1 is 1.04 bits per heavy atom. The highest BCUT2D eigenvalue weighted by Crippen LogP contribution is 2.29. The van der Waals surface area contributed by atoms with Crippen molar-refractivity contribution in [3.63, 3.8) is 0 Å². The van der Waals surface area contributed by atoms with E-state index in [2.05, 4.69) is 0 Å². The molecule has 2 aromatic carbocycles. The van der Waals surface area contributed by atoms with Crippen LogP contribution in [0.3, 0.4) is 0 Å². The quantitative estimate of drug-likeness (QED) is 0.576. The second-order valence-corrected chi connectivity index (χ2v) is 6.31. The summed E-state index contributed by atoms with van der Waals surface area (Å²) in [5, 5.41) is -0.388. The zero-order valence-electron chi connectivity index (χ0n) is 13.2. The molecule has 0 N–H and O–H groups in total. The first-order valence-corrected chi connectivity index (χ1v) is 8.17. The molecular formula is C18H15F3O3S. The smallest absolute Gasteiger partial charge is 0.416 e. The third-order valence-corrected chi connectivity index (χ3v) is 4.21. The predicted octanol–water partition coefficient (Wildman–Crippen LogP) is 4.50. The van der Waals surface area contributed by atoms with Gasteiger partial charge in [-0.15, -0.1) is 0 Å². The molecule has 0 fully saturated rings. The van der Waals surface area contributed by atoms with E-state index in [9.17, 15) is 22.8 Å². The van der Waals surface area contributed by atoms with Crippen LogP contribution in [0.4, 0.5) is 13.2 Å². The minimum Gasteiger partial charge on any atom is -0.453 e. The molecule has 0 radical (unpaired) electrons. The maximum atomic E-state index is 12.6. The number of benzene rings is 2. The van der Waals surface area contributed by atoms with E-state index in [0.29, 0.717) is 10.5 Å². The summed E-state index contributed by atoms with van der Waals surface area (Å²) in [6.07, 6.45) is -5.48. The molecule has 0 aliphatic carbocycles. The van der Waals surface area contributed by atoms with Crippen molar-refractivity contribution in [2.45, 2.75) is 30.5 Å². The van der Waals surface area contributed by atoms with Crippen LogP contribution < -0.4 is 0 Å². The number of esters is 1. The van der Waals surface area contributed by atoms with E-state index in [1.807, 2.05) is 0 Å². The molecule has 1 atom stereocenters. The molecule has 0 spiro atoms. The number of thioether (sulfide) groups is 1. The van der Waals surface area contributed by atoms with Crippen molar-refractivity contribution in [2.75, 3.05) is 0 Å². The Balaban J connectivity index is 2.11. The summed E-state index contributed by atoms with van der Waals surface area (Å²) in [5.41, 5.74) is -0.300. The molecule has 3 nitrogen and oxygen atoms in total. The molecule has 7 heteroatoms. The van der Waals surface area contributed by atoms with Gasteiger partial charge in [-0.1, -0.05) is 30.3 Å². The van der Waals surface area contributed by atoms with Crippen LogP contribution in [0.15, 0.2) is 59.5 Å². The van der Waals surface area contributed by atoms with Gasteiger partial charge in [0, 0.05) is 18.2 Å². The topological polar surface area (TPSA) is 43.4 Å². The van der Waals surface area contributed by atoms with Crippen molar-refractivity contribution < 1.29 is 27.5 Å². The SMILES string of the molecule is CC(=O)OC(Cc1ccc(C(F)(F)F)cc1)C(=O)Sc1ccccc1. The van der Waals surface area contributed by atoms with E-state index < -0.39 is 23.8 Å². The molecule has 0 aliphatic heterocycles. The lowest BCUT2D eigenvalue weighted by Gasteiger charge is -2.16. The number of hydrogen-bond donors (Lipinski definition) is 0. The van der Waals surface area contributed by atoms with Crippen molar-refractivity contribution in [2.24, 2.45) is 0 Å². The van der Waals surface area contributed by atoms with Crippen LogP contribution in [0.25, 0.3) is 0 Å². The van der Waals surface area contributed by atoms with Gasteiger partial charge < -0.3 is 4.74 Å².